The number of halogens is 1. The van der Waals surface area contributed by atoms with E-state index in [0.29, 0.717) is 23.1 Å². The molecular formula is C18H17ClN2O2S2. The van der Waals surface area contributed by atoms with Gasteiger partial charge in [0.15, 0.2) is 11.5 Å². The molecule has 1 N–H and O–H groups in total. The Morgan fingerprint density at radius 2 is 2.24 bits per heavy atom. The molecule has 0 spiro atoms. The molecule has 0 amide bonds. The molecule has 4 nitrogen and oxygen atoms in total. The first-order valence-electron chi connectivity index (χ1n) is 7.95. The monoisotopic (exact) mass is 392 g/mol. The van der Waals surface area contributed by atoms with Crippen LogP contribution in [0.2, 0.25) is 5.02 Å². The maximum Gasteiger partial charge on any atom is 0.231 e. The predicted molar refractivity (Wildman–Crippen MR) is 102 cm³/mol. The second-order valence-electron chi connectivity index (χ2n) is 5.86. The second-order valence-corrected chi connectivity index (χ2v) is 8.18. The third kappa shape index (κ3) is 3.82. The van der Waals surface area contributed by atoms with Crippen LogP contribution in [0.15, 0.2) is 35.0 Å². The molecule has 25 heavy (non-hydrogen) atoms. The number of thiophene rings is 1. The van der Waals surface area contributed by atoms with E-state index >= 15 is 0 Å². The summed E-state index contributed by atoms with van der Waals surface area (Å²) in [6.07, 6.45) is 0.920. The molecular weight excluding hydrogens is 376 g/mol. The molecule has 130 valence electrons. The van der Waals surface area contributed by atoms with E-state index in [2.05, 4.69) is 33.2 Å². The van der Waals surface area contributed by atoms with Crippen LogP contribution in [-0.2, 0) is 13.0 Å². The first kappa shape index (κ1) is 16.8. The van der Waals surface area contributed by atoms with Crippen molar-refractivity contribution in [3.05, 3.63) is 61.2 Å². The molecule has 1 aliphatic rings. The van der Waals surface area contributed by atoms with E-state index in [1.807, 2.05) is 19.1 Å². The van der Waals surface area contributed by atoms with Crippen molar-refractivity contribution in [3.8, 4) is 11.5 Å². The quantitative estimate of drug-likeness (QED) is 0.643. The number of aryl methyl sites for hydroxylation is 1. The standard InChI is InChI=1S/C18H17ClN2O2S2/c1-11-9-25-18(21-11)15(7-13-3-2-4-24-13)20-8-12-5-14(19)17-16(6-12)22-10-23-17/h2-6,9,15,20H,7-8,10H2,1H3/t15-/m0/s1. The summed E-state index contributed by atoms with van der Waals surface area (Å²) in [4.78, 5) is 6.01. The number of ether oxygens (including phenoxy) is 2. The maximum atomic E-state index is 6.28. The molecule has 0 bridgehead atoms. The van der Waals surface area contributed by atoms with Gasteiger partial charge in [-0.1, -0.05) is 17.7 Å². The molecule has 0 fully saturated rings. The Balaban J connectivity index is 1.52. The number of benzene rings is 1. The van der Waals surface area contributed by atoms with Crippen LogP contribution in [-0.4, -0.2) is 11.8 Å². The lowest BCUT2D eigenvalue weighted by atomic mass is 10.1. The molecule has 0 saturated carbocycles. The highest BCUT2D eigenvalue weighted by molar-refractivity contribution is 7.10. The number of hydrogen-bond donors (Lipinski definition) is 1. The van der Waals surface area contributed by atoms with Gasteiger partial charge in [-0.05, 0) is 36.1 Å². The molecule has 0 radical (unpaired) electrons. The zero-order valence-corrected chi connectivity index (χ0v) is 16.0. The molecule has 3 heterocycles. The van der Waals surface area contributed by atoms with Gasteiger partial charge in [0.1, 0.15) is 5.01 Å². The molecule has 2 aromatic heterocycles. The lowest BCUT2D eigenvalue weighted by Gasteiger charge is -2.16. The first-order chi connectivity index (χ1) is 12.2. The first-order valence-corrected chi connectivity index (χ1v) is 10.1. The Labute approximate surface area is 159 Å². The normalized spacial score (nSPS) is 14.0. The van der Waals surface area contributed by atoms with Gasteiger partial charge in [0.25, 0.3) is 0 Å². The number of thiazole rings is 1. The fourth-order valence-electron chi connectivity index (χ4n) is 2.77. The largest absolute Gasteiger partial charge is 0.454 e. The minimum atomic E-state index is 0.168. The van der Waals surface area contributed by atoms with Gasteiger partial charge < -0.3 is 14.8 Å². The van der Waals surface area contributed by atoms with Crippen LogP contribution in [0.25, 0.3) is 0 Å². The summed E-state index contributed by atoms with van der Waals surface area (Å²) in [7, 11) is 0. The average molecular weight is 393 g/mol. The van der Waals surface area contributed by atoms with E-state index in [9.17, 15) is 0 Å². The van der Waals surface area contributed by atoms with E-state index in [4.69, 9.17) is 21.1 Å². The third-order valence-electron chi connectivity index (χ3n) is 3.96. The minimum absolute atomic E-state index is 0.168. The topological polar surface area (TPSA) is 43.4 Å². The zero-order chi connectivity index (χ0) is 17.2. The van der Waals surface area contributed by atoms with E-state index in [0.717, 1.165) is 22.7 Å². The number of aromatic nitrogens is 1. The van der Waals surface area contributed by atoms with Gasteiger partial charge in [-0.25, -0.2) is 4.98 Å². The molecule has 0 unspecified atom stereocenters. The zero-order valence-electron chi connectivity index (χ0n) is 13.6. The average Bonchev–Trinajstić information content (AvgIpc) is 3.32. The molecule has 3 aromatic rings. The molecule has 0 saturated heterocycles. The lowest BCUT2D eigenvalue weighted by molar-refractivity contribution is 0.174. The third-order valence-corrected chi connectivity index (χ3v) is 6.22. The van der Waals surface area contributed by atoms with Crippen molar-refractivity contribution in [2.24, 2.45) is 0 Å². The van der Waals surface area contributed by atoms with Gasteiger partial charge in [-0.15, -0.1) is 22.7 Å². The van der Waals surface area contributed by atoms with Crippen molar-refractivity contribution in [3.63, 3.8) is 0 Å². The SMILES string of the molecule is Cc1csc([C@H](Cc2cccs2)NCc2cc(Cl)c3c(c2)OCO3)n1. The summed E-state index contributed by atoms with van der Waals surface area (Å²) in [5, 5.41) is 9.52. The Morgan fingerprint density at radius 3 is 3.00 bits per heavy atom. The maximum absolute atomic E-state index is 6.28. The summed E-state index contributed by atoms with van der Waals surface area (Å²) >= 11 is 9.75. The summed E-state index contributed by atoms with van der Waals surface area (Å²) in [5.74, 6) is 1.35. The molecule has 1 aliphatic heterocycles. The Bertz CT molecular complexity index is 864. The minimum Gasteiger partial charge on any atom is -0.454 e. The number of rotatable bonds is 6. The van der Waals surface area contributed by atoms with Crippen LogP contribution in [0.4, 0.5) is 0 Å². The smallest absolute Gasteiger partial charge is 0.231 e. The van der Waals surface area contributed by atoms with Crippen LogP contribution < -0.4 is 14.8 Å². The fourth-order valence-corrected chi connectivity index (χ4v) is 4.68. The van der Waals surface area contributed by atoms with Crippen LogP contribution in [0.1, 0.15) is 27.2 Å². The van der Waals surface area contributed by atoms with Gasteiger partial charge >= 0.3 is 0 Å². The number of hydrogen-bond acceptors (Lipinski definition) is 6. The van der Waals surface area contributed by atoms with Crippen molar-refractivity contribution in [1.29, 1.82) is 0 Å². The fraction of sp³-hybridized carbons (Fsp3) is 0.278. The number of nitrogens with zero attached hydrogens (tertiary/aromatic N) is 1. The molecule has 7 heteroatoms. The highest BCUT2D eigenvalue weighted by Gasteiger charge is 2.20. The van der Waals surface area contributed by atoms with E-state index in [1.54, 1.807) is 22.7 Å². The van der Waals surface area contributed by atoms with Crippen LogP contribution in [0.5, 0.6) is 11.5 Å². The predicted octanol–water partition coefficient (Wildman–Crippen LogP) is 4.97. The Hall–Kier alpha value is -1.60. The summed E-state index contributed by atoms with van der Waals surface area (Å²) in [5.41, 5.74) is 2.13. The molecule has 1 aromatic carbocycles. The number of fused-ring (bicyclic) bond motifs is 1. The molecule has 1 atom stereocenters. The van der Waals surface area contributed by atoms with Crippen molar-refractivity contribution >= 4 is 34.3 Å². The van der Waals surface area contributed by atoms with Crippen LogP contribution in [0, 0.1) is 6.92 Å². The second kappa shape index (κ2) is 7.33. The Kier molecular flexibility index (Phi) is 4.94. The summed E-state index contributed by atoms with van der Waals surface area (Å²) in [6.45, 7) is 2.94. The highest BCUT2D eigenvalue weighted by Crippen LogP contribution is 2.40. The van der Waals surface area contributed by atoms with Gasteiger partial charge in [0.05, 0.1) is 11.1 Å². The van der Waals surface area contributed by atoms with E-state index in [-0.39, 0.29) is 12.8 Å². The molecule has 4 rings (SSSR count). The van der Waals surface area contributed by atoms with Crippen LogP contribution in [0.3, 0.4) is 0 Å². The Morgan fingerprint density at radius 1 is 1.32 bits per heavy atom. The summed E-state index contributed by atoms with van der Waals surface area (Å²) in [6, 6.07) is 8.33. The van der Waals surface area contributed by atoms with Gasteiger partial charge in [-0.2, -0.15) is 0 Å². The van der Waals surface area contributed by atoms with Crippen molar-refractivity contribution in [2.75, 3.05) is 6.79 Å². The van der Waals surface area contributed by atoms with E-state index in [1.165, 1.54) is 4.88 Å². The van der Waals surface area contributed by atoms with Crippen LogP contribution >= 0.6 is 34.3 Å². The van der Waals surface area contributed by atoms with Gasteiger partial charge in [0.2, 0.25) is 6.79 Å². The van der Waals surface area contributed by atoms with Crippen molar-refractivity contribution in [2.45, 2.75) is 25.9 Å². The highest BCUT2D eigenvalue weighted by atomic mass is 35.5. The number of nitrogens with one attached hydrogen (secondary N) is 1. The van der Waals surface area contributed by atoms with E-state index < -0.39 is 0 Å². The lowest BCUT2D eigenvalue weighted by Crippen LogP contribution is -2.22. The molecule has 0 aliphatic carbocycles. The van der Waals surface area contributed by atoms with Crippen molar-refractivity contribution < 1.29 is 9.47 Å². The van der Waals surface area contributed by atoms with Crippen molar-refractivity contribution in [1.82, 2.24) is 10.3 Å². The van der Waals surface area contributed by atoms with Gasteiger partial charge in [-0.3, -0.25) is 0 Å². The summed E-state index contributed by atoms with van der Waals surface area (Å²) < 4.78 is 10.8. The van der Waals surface area contributed by atoms with Gasteiger partial charge in [0, 0.05) is 28.9 Å².